The van der Waals surface area contributed by atoms with E-state index in [-0.39, 0.29) is 40.3 Å². The highest BCUT2D eigenvalue weighted by atomic mass is 32.2. The molecular weight excluding hydrogens is 454 g/mol. The van der Waals surface area contributed by atoms with Crippen LogP contribution in [0.3, 0.4) is 0 Å². The maximum atomic E-state index is 12.4. The monoisotopic (exact) mass is 477 g/mol. The molecule has 0 saturated carbocycles. The van der Waals surface area contributed by atoms with Gasteiger partial charge in [0.1, 0.15) is 0 Å². The molecule has 1 heterocycles. The van der Waals surface area contributed by atoms with Crippen molar-refractivity contribution in [1.29, 1.82) is 0 Å². The summed E-state index contributed by atoms with van der Waals surface area (Å²) >= 11 is 0. The van der Waals surface area contributed by atoms with E-state index >= 15 is 0 Å². The van der Waals surface area contributed by atoms with Gasteiger partial charge >= 0.3 is 6.01 Å². The second-order valence-electron chi connectivity index (χ2n) is 7.32. The number of nitrogens with zero attached hydrogens (tertiary/aromatic N) is 2. The van der Waals surface area contributed by atoms with Gasteiger partial charge in [-0.15, -0.1) is 5.10 Å². The number of hydrogen-bond acceptors (Lipinski definition) is 8. The lowest BCUT2D eigenvalue weighted by atomic mass is 10.2. The van der Waals surface area contributed by atoms with Gasteiger partial charge < -0.3 is 4.42 Å². The zero-order valence-electron chi connectivity index (χ0n) is 17.6. The minimum Gasteiger partial charge on any atom is -0.403 e. The Bertz CT molecular complexity index is 1300. The maximum absolute atomic E-state index is 12.4. The molecule has 1 amide bonds. The zero-order chi connectivity index (χ0) is 23.4. The number of carbonyl (C=O) groups is 1. The van der Waals surface area contributed by atoms with Crippen LogP contribution in [0.4, 0.5) is 6.01 Å². The van der Waals surface area contributed by atoms with Crippen molar-refractivity contribution in [3.05, 3.63) is 54.6 Å². The Balaban J connectivity index is 1.60. The number of benzene rings is 2. The largest absolute Gasteiger partial charge is 0.403 e. The quantitative estimate of drug-likeness (QED) is 0.496. The Hall–Kier alpha value is -3.05. The van der Waals surface area contributed by atoms with Gasteiger partial charge in [0, 0.05) is 12.0 Å². The average molecular weight is 478 g/mol. The van der Waals surface area contributed by atoms with E-state index < -0.39 is 30.8 Å². The Morgan fingerprint density at radius 1 is 0.969 bits per heavy atom. The van der Waals surface area contributed by atoms with E-state index in [1.54, 1.807) is 44.2 Å². The molecule has 0 aliphatic carbocycles. The molecule has 2 aromatic carbocycles. The normalized spacial score (nSPS) is 12.1. The van der Waals surface area contributed by atoms with Crippen molar-refractivity contribution >= 4 is 31.6 Å². The van der Waals surface area contributed by atoms with E-state index in [1.807, 2.05) is 0 Å². The Morgan fingerprint density at radius 3 is 2.34 bits per heavy atom. The van der Waals surface area contributed by atoms with Crippen molar-refractivity contribution in [2.75, 3.05) is 11.1 Å². The van der Waals surface area contributed by atoms with Crippen LogP contribution in [0.5, 0.6) is 0 Å². The third kappa shape index (κ3) is 5.60. The van der Waals surface area contributed by atoms with Crippen LogP contribution in [-0.4, -0.2) is 43.9 Å². The lowest BCUT2D eigenvalue weighted by Gasteiger charge is -2.08. The van der Waals surface area contributed by atoms with E-state index in [9.17, 15) is 21.6 Å². The van der Waals surface area contributed by atoms with Crippen molar-refractivity contribution < 1.29 is 26.0 Å². The third-order valence-corrected chi connectivity index (χ3v) is 8.59. The second kappa shape index (κ2) is 9.61. The summed E-state index contributed by atoms with van der Waals surface area (Å²) in [6, 6.07) is 14.0. The molecule has 0 radical (unpaired) electrons. The molecule has 0 saturated heterocycles. The number of sulfone groups is 2. The molecule has 3 aromatic rings. The summed E-state index contributed by atoms with van der Waals surface area (Å²) in [7, 11) is -6.93. The molecule has 1 N–H and O–H groups in total. The Kier molecular flexibility index (Phi) is 7.09. The maximum Gasteiger partial charge on any atom is 0.322 e. The van der Waals surface area contributed by atoms with Gasteiger partial charge in [-0.25, -0.2) is 16.8 Å². The van der Waals surface area contributed by atoms with E-state index in [2.05, 4.69) is 15.5 Å². The fraction of sp³-hybridized carbons (Fsp3) is 0.286. The van der Waals surface area contributed by atoms with Crippen LogP contribution in [0, 0.1) is 0 Å². The molecule has 0 bridgehead atoms. The lowest BCUT2D eigenvalue weighted by molar-refractivity contribution is -0.116. The molecular formula is C21H23N3O6S2. The van der Waals surface area contributed by atoms with E-state index in [1.165, 1.54) is 24.3 Å². The van der Waals surface area contributed by atoms with Crippen molar-refractivity contribution in [3.8, 4) is 11.5 Å². The van der Waals surface area contributed by atoms with Gasteiger partial charge in [0.2, 0.25) is 11.8 Å². The summed E-state index contributed by atoms with van der Waals surface area (Å²) in [4.78, 5) is 12.5. The third-order valence-electron chi connectivity index (χ3n) is 4.62. The molecule has 170 valence electrons. The molecule has 0 atom stereocenters. The first-order valence-corrected chi connectivity index (χ1v) is 13.0. The van der Waals surface area contributed by atoms with Gasteiger partial charge in [0.25, 0.3) is 0 Å². The van der Waals surface area contributed by atoms with Gasteiger partial charge in [-0.05, 0) is 50.6 Å². The summed E-state index contributed by atoms with van der Waals surface area (Å²) in [6.45, 7) is 3.18. The fourth-order valence-corrected chi connectivity index (χ4v) is 5.25. The van der Waals surface area contributed by atoms with Gasteiger partial charge in [0.05, 0.1) is 20.8 Å². The number of carbonyl (C=O) groups excluding carboxylic acids is 1. The average Bonchev–Trinajstić information content (AvgIpc) is 3.22. The predicted octanol–water partition coefficient (Wildman–Crippen LogP) is 3.11. The first-order chi connectivity index (χ1) is 15.1. The van der Waals surface area contributed by atoms with Crippen LogP contribution in [0.25, 0.3) is 11.5 Å². The molecule has 11 heteroatoms. The fourth-order valence-electron chi connectivity index (χ4n) is 2.82. The zero-order valence-corrected chi connectivity index (χ0v) is 19.2. The van der Waals surface area contributed by atoms with Crippen LogP contribution < -0.4 is 5.32 Å². The number of rotatable bonds is 9. The standard InChI is InChI=1S/C21H23N3O6S2/c1-15(2)32(28,29)18-11-6-8-16(14-18)20-23-24-21(30-20)22-19(25)12-7-13-31(26,27)17-9-4-3-5-10-17/h3-6,8-11,14-15H,7,12-13H2,1-2H3,(H,22,24,25). The number of amides is 1. The number of hydrogen-bond donors (Lipinski definition) is 1. The van der Waals surface area contributed by atoms with Gasteiger partial charge in [0.15, 0.2) is 19.7 Å². The number of nitrogens with one attached hydrogen (secondary N) is 1. The summed E-state index contributed by atoms with van der Waals surface area (Å²) in [5.41, 5.74) is 0.397. The van der Waals surface area contributed by atoms with Crippen LogP contribution in [0.1, 0.15) is 26.7 Å². The molecule has 3 rings (SSSR count). The van der Waals surface area contributed by atoms with Crippen molar-refractivity contribution in [2.24, 2.45) is 0 Å². The van der Waals surface area contributed by atoms with Crippen LogP contribution >= 0.6 is 0 Å². The summed E-state index contributed by atoms with van der Waals surface area (Å²) in [5, 5.41) is 9.44. The van der Waals surface area contributed by atoms with Gasteiger partial charge in [-0.3, -0.25) is 10.1 Å². The molecule has 32 heavy (non-hydrogen) atoms. The van der Waals surface area contributed by atoms with E-state index in [4.69, 9.17) is 4.42 Å². The first-order valence-electron chi connectivity index (χ1n) is 9.85. The first kappa shape index (κ1) is 23.6. The highest BCUT2D eigenvalue weighted by molar-refractivity contribution is 7.92. The SMILES string of the molecule is CC(C)S(=O)(=O)c1cccc(-c2nnc(NC(=O)CCCS(=O)(=O)c3ccccc3)o2)c1. The molecule has 0 fully saturated rings. The predicted molar refractivity (Wildman–Crippen MR) is 118 cm³/mol. The van der Waals surface area contributed by atoms with E-state index in [0.717, 1.165) is 0 Å². The second-order valence-corrected chi connectivity index (χ2v) is 11.9. The van der Waals surface area contributed by atoms with Crippen LogP contribution in [0.2, 0.25) is 0 Å². The van der Waals surface area contributed by atoms with Gasteiger partial charge in [-0.1, -0.05) is 29.4 Å². The van der Waals surface area contributed by atoms with Gasteiger partial charge in [-0.2, -0.15) is 0 Å². The smallest absolute Gasteiger partial charge is 0.322 e. The highest BCUT2D eigenvalue weighted by Gasteiger charge is 2.21. The summed E-state index contributed by atoms with van der Waals surface area (Å²) in [6.07, 6.45) is 0.0745. The van der Waals surface area contributed by atoms with Crippen molar-refractivity contribution in [1.82, 2.24) is 10.2 Å². The van der Waals surface area contributed by atoms with Crippen LogP contribution in [0.15, 0.2) is 68.8 Å². The minimum atomic E-state index is -3.47. The molecule has 0 unspecified atom stereocenters. The van der Waals surface area contributed by atoms with Crippen molar-refractivity contribution in [3.63, 3.8) is 0 Å². The summed E-state index contributed by atoms with van der Waals surface area (Å²) in [5.74, 6) is -0.594. The topological polar surface area (TPSA) is 136 Å². The molecule has 0 aliphatic rings. The minimum absolute atomic E-state index is 0.0489. The van der Waals surface area contributed by atoms with Crippen LogP contribution in [-0.2, 0) is 24.5 Å². The highest BCUT2D eigenvalue weighted by Crippen LogP contribution is 2.25. The Morgan fingerprint density at radius 2 is 1.66 bits per heavy atom. The number of anilines is 1. The molecule has 0 spiro atoms. The lowest BCUT2D eigenvalue weighted by Crippen LogP contribution is -2.14. The summed E-state index contributed by atoms with van der Waals surface area (Å²) < 4.78 is 54.7. The Labute approximate surface area is 186 Å². The molecule has 1 aromatic heterocycles. The molecule has 9 nitrogen and oxygen atoms in total. The van der Waals surface area contributed by atoms with Crippen molar-refractivity contribution in [2.45, 2.75) is 41.7 Å². The van der Waals surface area contributed by atoms with E-state index in [0.29, 0.717) is 5.56 Å². The number of aromatic nitrogens is 2. The molecule has 0 aliphatic heterocycles.